The van der Waals surface area contributed by atoms with E-state index in [1.165, 1.54) is 12.1 Å². The molecule has 0 spiro atoms. The predicted octanol–water partition coefficient (Wildman–Crippen LogP) is 4.85. The van der Waals surface area contributed by atoms with Crippen LogP contribution in [0.3, 0.4) is 0 Å². The van der Waals surface area contributed by atoms with Crippen LogP contribution in [0.2, 0.25) is 0 Å². The van der Waals surface area contributed by atoms with Crippen molar-refractivity contribution in [2.45, 2.75) is 31.2 Å². The highest BCUT2D eigenvalue weighted by Gasteiger charge is 2.34. The fourth-order valence-electron chi connectivity index (χ4n) is 4.55. The number of nitrogens with one attached hydrogen (secondary N) is 2. The summed E-state index contributed by atoms with van der Waals surface area (Å²) in [4.78, 5) is 15.3. The molecule has 198 valence electrons. The molecule has 0 saturated carbocycles. The van der Waals surface area contributed by atoms with E-state index in [9.17, 15) is 13.2 Å². The van der Waals surface area contributed by atoms with Crippen LogP contribution in [-0.4, -0.2) is 25.1 Å². The van der Waals surface area contributed by atoms with Crippen molar-refractivity contribution in [3.8, 4) is 0 Å². The minimum Gasteiger partial charge on any atom is -0.330 e. The van der Waals surface area contributed by atoms with E-state index in [1.54, 1.807) is 17.0 Å². The van der Waals surface area contributed by atoms with Crippen molar-refractivity contribution in [3.63, 3.8) is 0 Å². The highest BCUT2D eigenvalue weighted by atomic mass is 32.2. The second-order valence-electron chi connectivity index (χ2n) is 9.57. The molecule has 0 aliphatic carbocycles. The summed E-state index contributed by atoms with van der Waals surface area (Å²) in [6.45, 7) is 4.55. The molecule has 0 aromatic heterocycles. The van der Waals surface area contributed by atoms with Crippen LogP contribution >= 0.6 is 12.2 Å². The molecule has 1 amide bonds. The quantitative estimate of drug-likeness (QED) is 0.231. The first kappa shape index (κ1) is 26.5. The van der Waals surface area contributed by atoms with Crippen LogP contribution in [0.5, 0.6) is 0 Å². The minimum atomic E-state index is -3.97. The third-order valence-corrected chi connectivity index (χ3v) is 7.71. The van der Waals surface area contributed by atoms with Crippen molar-refractivity contribution in [3.05, 3.63) is 102 Å². The Labute approximate surface area is 232 Å². The van der Waals surface area contributed by atoms with Gasteiger partial charge < -0.3 is 10.2 Å². The van der Waals surface area contributed by atoms with E-state index < -0.39 is 10.0 Å². The third-order valence-electron chi connectivity index (χ3n) is 6.55. The van der Waals surface area contributed by atoms with Crippen molar-refractivity contribution >= 4 is 61.1 Å². The monoisotopic (exact) mass is 557 g/mol. The summed E-state index contributed by atoms with van der Waals surface area (Å²) >= 11 is 5.35. The number of hydrogen-bond donors (Lipinski definition) is 3. The third kappa shape index (κ3) is 5.53. The summed E-state index contributed by atoms with van der Waals surface area (Å²) in [6.07, 6.45) is 0. The normalized spacial score (nSPS) is 14.2. The number of thiocarbonyl (C=S) groups is 1. The molecule has 4 aromatic rings. The molecular formula is C29H27N5O3S2. The van der Waals surface area contributed by atoms with Gasteiger partial charge in [0.05, 0.1) is 17.9 Å². The van der Waals surface area contributed by atoms with Crippen LogP contribution in [0.1, 0.15) is 36.5 Å². The number of fused-ring (bicyclic) bond motifs is 2. The number of nitrogens with zero attached hydrogens (tertiary/aromatic N) is 2. The Morgan fingerprint density at radius 1 is 0.974 bits per heavy atom. The van der Waals surface area contributed by atoms with Crippen LogP contribution < -0.4 is 20.8 Å². The Kier molecular flexibility index (Phi) is 7.17. The average molecular weight is 558 g/mol. The van der Waals surface area contributed by atoms with Gasteiger partial charge in [-0.3, -0.25) is 10.2 Å². The molecule has 4 aromatic carbocycles. The zero-order chi connectivity index (χ0) is 27.7. The molecule has 0 unspecified atom stereocenters. The van der Waals surface area contributed by atoms with Crippen molar-refractivity contribution < 1.29 is 13.2 Å². The molecule has 0 fully saturated rings. The molecule has 4 N–H and O–H groups in total. The largest absolute Gasteiger partial charge is 0.330 e. The Morgan fingerprint density at radius 3 is 2.44 bits per heavy atom. The van der Waals surface area contributed by atoms with Crippen molar-refractivity contribution in [1.29, 1.82) is 0 Å². The number of nitrogens with two attached hydrogens (primary N) is 1. The number of sulfonamides is 1. The second-order valence-corrected chi connectivity index (χ2v) is 11.5. The number of primary sulfonamides is 1. The number of anilines is 2. The lowest BCUT2D eigenvalue weighted by atomic mass is 9.99. The van der Waals surface area contributed by atoms with Crippen LogP contribution in [0.15, 0.2) is 94.9 Å². The Bertz CT molecular complexity index is 1750. The van der Waals surface area contributed by atoms with E-state index in [0.29, 0.717) is 12.1 Å². The molecule has 0 atom stereocenters. The van der Waals surface area contributed by atoms with E-state index in [1.807, 2.05) is 48.5 Å². The maximum Gasteiger partial charge on any atom is 0.279 e. The molecule has 39 heavy (non-hydrogen) atoms. The molecule has 1 heterocycles. The lowest BCUT2D eigenvalue weighted by Crippen LogP contribution is -2.32. The molecule has 5 rings (SSSR count). The zero-order valence-electron chi connectivity index (χ0n) is 21.4. The van der Waals surface area contributed by atoms with Crippen LogP contribution in [0.25, 0.3) is 10.8 Å². The Morgan fingerprint density at radius 2 is 1.69 bits per heavy atom. The van der Waals surface area contributed by atoms with Gasteiger partial charge in [0.1, 0.15) is 4.90 Å². The number of para-hydroxylation sites is 1. The first-order valence-electron chi connectivity index (χ1n) is 12.3. The van der Waals surface area contributed by atoms with Gasteiger partial charge in [0.15, 0.2) is 10.8 Å². The number of amides is 1. The number of carbonyl (C=O) groups is 1. The summed E-state index contributed by atoms with van der Waals surface area (Å²) in [6, 6.07) is 26.3. The number of rotatable bonds is 6. The lowest BCUT2D eigenvalue weighted by Gasteiger charge is -2.18. The van der Waals surface area contributed by atoms with Crippen LogP contribution in [-0.2, 0) is 21.4 Å². The average Bonchev–Trinajstić information content (AvgIpc) is 3.16. The summed E-state index contributed by atoms with van der Waals surface area (Å²) in [5, 5.41) is 14.7. The van der Waals surface area contributed by atoms with Gasteiger partial charge in [0.25, 0.3) is 5.91 Å². The Hall–Kier alpha value is -4.12. The molecular weight excluding hydrogens is 530 g/mol. The summed E-state index contributed by atoms with van der Waals surface area (Å²) in [5.41, 5.74) is 6.66. The number of hydrazone groups is 1. The van der Waals surface area contributed by atoms with Crippen molar-refractivity contribution in [1.82, 2.24) is 5.43 Å². The van der Waals surface area contributed by atoms with E-state index in [-0.39, 0.29) is 33.2 Å². The summed E-state index contributed by atoms with van der Waals surface area (Å²) in [5.74, 6) is -0.00842. The second kappa shape index (κ2) is 10.6. The van der Waals surface area contributed by atoms with Crippen molar-refractivity contribution in [2.24, 2.45) is 10.2 Å². The van der Waals surface area contributed by atoms with E-state index >= 15 is 0 Å². The van der Waals surface area contributed by atoms with Gasteiger partial charge in [-0.1, -0.05) is 68.4 Å². The highest BCUT2D eigenvalue weighted by Crippen LogP contribution is 2.33. The van der Waals surface area contributed by atoms with Crippen LogP contribution in [0.4, 0.5) is 11.4 Å². The Balaban J connectivity index is 1.44. The van der Waals surface area contributed by atoms with E-state index in [4.69, 9.17) is 17.4 Å². The van der Waals surface area contributed by atoms with Gasteiger partial charge in [-0.2, -0.15) is 5.10 Å². The lowest BCUT2D eigenvalue weighted by molar-refractivity contribution is -0.112. The number of hydrogen-bond acceptors (Lipinski definition) is 5. The zero-order valence-corrected chi connectivity index (χ0v) is 23.0. The fourth-order valence-corrected chi connectivity index (χ4v) is 5.40. The molecule has 8 nitrogen and oxygen atoms in total. The number of carbonyl (C=O) groups excluding carboxylic acids is 1. The highest BCUT2D eigenvalue weighted by molar-refractivity contribution is 7.89. The van der Waals surface area contributed by atoms with Gasteiger partial charge >= 0.3 is 0 Å². The molecule has 0 bridgehead atoms. The molecule has 0 saturated heterocycles. The van der Waals surface area contributed by atoms with Crippen molar-refractivity contribution in [2.75, 3.05) is 10.2 Å². The predicted molar refractivity (Wildman–Crippen MR) is 159 cm³/mol. The smallest absolute Gasteiger partial charge is 0.279 e. The summed E-state index contributed by atoms with van der Waals surface area (Å²) in [7, 11) is -3.97. The topological polar surface area (TPSA) is 117 Å². The van der Waals surface area contributed by atoms with Gasteiger partial charge in [0, 0.05) is 5.56 Å². The standard InChI is InChI=1S/C29H27N5O3S2/c1-18(2)21-13-14-25-23(16-21)27(32-33-29(38)31-24-9-5-6-10-26(24)39(30,36)37)28(35)34(25)17-19-11-12-20-7-3-4-8-22(20)15-19/h3-16,18H,17H2,1-2H3,(H2,30,36,37)(H2,31,33,38). The SMILES string of the molecule is CC(C)c1ccc2c(c1)C(=NNC(=S)Nc1ccccc1S(N)(=O)=O)C(=O)N2Cc1ccc2ccccc2c1. The summed E-state index contributed by atoms with van der Waals surface area (Å²) < 4.78 is 23.8. The maximum absolute atomic E-state index is 13.7. The molecule has 10 heteroatoms. The molecule has 1 aliphatic rings. The van der Waals surface area contributed by atoms with E-state index in [0.717, 1.165) is 27.6 Å². The van der Waals surface area contributed by atoms with Gasteiger partial charge in [-0.15, -0.1) is 0 Å². The van der Waals surface area contributed by atoms with Gasteiger partial charge in [-0.05, 0) is 70.4 Å². The number of benzene rings is 4. The van der Waals surface area contributed by atoms with Gasteiger partial charge in [-0.25, -0.2) is 13.6 Å². The van der Waals surface area contributed by atoms with Crippen LogP contribution in [0, 0.1) is 0 Å². The first-order chi connectivity index (χ1) is 18.6. The first-order valence-corrected chi connectivity index (χ1v) is 14.3. The maximum atomic E-state index is 13.7. The van der Waals surface area contributed by atoms with Gasteiger partial charge in [0.2, 0.25) is 10.0 Å². The minimum absolute atomic E-state index is 0.0148. The molecule has 0 radical (unpaired) electrons. The fraction of sp³-hybridized carbons (Fsp3) is 0.138. The van der Waals surface area contributed by atoms with E-state index in [2.05, 4.69) is 41.8 Å². The molecule has 1 aliphatic heterocycles.